The molecule has 0 spiro atoms. The first-order valence-electron chi connectivity index (χ1n) is 9.05. The molecule has 0 bridgehead atoms. The standard InChI is InChI=1S/C22H23N3OS/c1-3-25(4-2)18-14-12-17(13-15-18)24-21(26)20-11-8-16-23-22(20)27-19-9-6-5-7-10-19/h5-16H,3-4H2,1-2H3,(H,24,26). The third-order valence-electron chi connectivity index (χ3n) is 4.23. The van der Waals surface area contributed by atoms with Crippen LogP contribution in [0, 0.1) is 0 Å². The molecule has 2 aromatic carbocycles. The summed E-state index contributed by atoms with van der Waals surface area (Å²) in [5, 5.41) is 3.67. The van der Waals surface area contributed by atoms with Crippen LogP contribution >= 0.6 is 11.8 Å². The van der Waals surface area contributed by atoms with Crippen molar-refractivity contribution in [2.24, 2.45) is 0 Å². The van der Waals surface area contributed by atoms with Crippen LogP contribution < -0.4 is 10.2 Å². The molecule has 3 aromatic rings. The van der Waals surface area contributed by atoms with E-state index in [0.29, 0.717) is 10.6 Å². The molecule has 1 amide bonds. The fourth-order valence-electron chi connectivity index (χ4n) is 2.79. The van der Waals surface area contributed by atoms with Gasteiger partial charge in [0.1, 0.15) is 5.03 Å². The van der Waals surface area contributed by atoms with Crippen molar-refractivity contribution in [2.45, 2.75) is 23.8 Å². The molecule has 1 heterocycles. The second kappa shape index (κ2) is 9.24. The van der Waals surface area contributed by atoms with E-state index in [2.05, 4.69) is 29.0 Å². The first-order chi connectivity index (χ1) is 13.2. The van der Waals surface area contributed by atoms with Crippen molar-refractivity contribution >= 4 is 29.0 Å². The minimum absolute atomic E-state index is 0.155. The number of benzene rings is 2. The SMILES string of the molecule is CCN(CC)c1ccc(NC(=O)c2cccnc2Sc2ccccc2)cc1. The maximum absolute atomic E-state index is 12.8. The average Bonchev–Trinajstić information content (AvgIpc) is 2.71. The number of nitrogens with zero attached hydrogens (tertiary/aromatic N) is 2. The van der Waals surface area contributed by atoms with Gasteiger partial charge in [0, 0.05) is 35.6 Å². The van der Waals surface area contributed by atoms with E-state index in [-0.39, 0.29) is 5.91 Å². The summed E-state index contributed by atoms with van der Waals surface area (Å²) < 4.78 is 0. The van der Waals surface area contributed by atoms with E-state index in [4.69, 9.17) is 0 Å². The van der Waals surface area contributed by atoms with Gasteiger partial charge in [-0.15, -0.1) is 0 Å². The molecule has 0 aliphatic carbocycles. The predicted molar refractivity (Wildman–Crippen MR) is 113 cm³/mol. The van der Waals surface area contributed by atoms with Crippen molar-refractivity contribution in [1.29, 1.82) is 0 Å². The zero-order chi connectivity index (χ0) is 19.1. The summed E-state index contributed by atoms with van der Waals surface area (Å²) in [5.74, 6) is -0.155. The second-order valence-corrected chi connectivity index (χ2v) is 7.01. The quantitative estimate of drug-likeness (QED) is 0.604. The Balaban J connectivity index is 1.75. The van der Waals surface area contributed by atoms with Gasteiger partial charge in [-0.25, -0.2) is 4.98 Å². The van der Waals surface area contributed by atoms with Crippen LogP contribution in [0.15, 0.2) is 82.8 Å². The number of pyridine rings is 1. The Kier molecular flexibility index (Phi) is 6.49. The van der Waals surface area contributed by atoms with Crippen LogP contribution in [0.25, 0.3) is 0 Å². The highest BCUT2D eigenvalue weighted by Gasteiger charge is 2.14. The lowest BCUT2D eigenvalue weighted by Gasteiger charge is -2.21. The molecule has 1 N–H and O–H groups in total. The van der Waals surface area contributed by atoms with Crippen LogP contribution in [0.5, 0.6) is 0 Å². The molecule has 5 heteroatoms. The van der Waals surface area contributed by atoms with Gasteiger partial charge in [-0.1, -0.05) is 30.0 Å². The van der Waals surface area contributed by atoms with E-state index in [9.17, 15) is 4.79 Å². The Morgan fingerprint density at radius 3 is 2.33 bits per heavy atom. The molecule has 27 heavy (non-hydrogen) atoms. The lowest BCUT2D eigenvalue weighted by atomic mass is 10.2. The molecule has 0 fully saturated rings. The average molecular weight is 378 g/mol. The third-order valence-corrected chi connectivity index (χ3v) is 5.25. The van der Waals surface area contributed by atoms with E-state index in [0.717, 1.165) is 29.4 Å². The maximum Gasteiger partial charge on any atom is 0.258 e. The number of carbonyl (C=O) groups is 1. The molecular formula is C22H23N3OS. The molecule has 0 saturated carbocycles. The number of amides is 1. The lowest BCUT2D eigenvalue weighted by molar-refractivity contribution is 0.102. The van der Waals surface area contributed by atoms with Crippen molar-refractivity contribution in [3.8, 4) is 0 Å². The van der Waals surface area contributed by atoms with Crippen molar-refractivity contribution in [3.05, 3.63) is 78.5 Å². The van der Waals surface area contributed by atoms with Crippen LogP contribution in [0.3, 0.4) is 0 Å². The minimum Gasteiger partial charge on any atom is -0.372 e. The Labute approximate surface area is 164 Å². The molecular weight excluding hydrogens is 354 g/mol. The molecule has 138 valence electrons. The van der Waals surface area contributed by atoms with Gasteiger partial charge < -0.3 is 10.2 Å². The molecule has 0 radical (unpaired) electrons. The highest BCUT2D eigenvalue weighted by molar-refractivity contribution is 7.99. The van der Waals surface area contributed by atoms with Gasteiger partial charge in [0.25, 0.3) is 5.91 Å². The molecule has 3 rings (SSSR count). The maximum atomic E-state index is 12.8. The Bertz CT molecular complexity index is 878. The number of anilines is 2. The fourth-order valence-corrected chi connectivity index (χ4v) is 3.69. The zero-order valence-corrected chi connectivity index (χ0v) is 16.4. The summed E-state index contributed by atoms with van der Waals surface area (Å²) in [5.41, 5.74) is 2.49. The molecule has 4 nitrogen and oxygen atoms in total. The monoisotopic (exact) mass is 377 g/mol. The summed E-state index contributed by atoms with van der Waals surface area (Å²) in [7, 11) is 0. The van der Waals surface area contributed by atoms with Gasteiger partial charge in [0.05, 0.1) is 5.56 Å². The van der Waals surface area contributed by atoms with Gasteiger partial charge in [-0.05, 0) is 62.4 Å². The van der Waals surface area contributed by atoms with Crippen LogP contribution in [-0.2, 0) is 0 Å². The summed E-state index contributed by atoms with van der Waals surface area (Å²) in [4.78, 5) is 20.5. The van der Waals surface area contributed by atoms with Crippen LogP contribution in [0.2, 0.25) is 0 Å². The van der Waals surface area contributed by atoms with Gasteiger partial charge in [-0.2, -0.15) is 0 Å². The molecule has 0 aliphatic heterocycles. The van der Waals surface area contributed by atoms with Gasteiger partial charge >= 0.3 is 0 Å². The van der Waals surface area contributed by atoms with Crippen LogP contribution in [0.4, 0.5) is 11.4 Å². The zero-order valence-electron chi connectivity index (χ0n) is 15.6. The molecule has 0 aliphatic rings. The topological polar surface area (TPSA) is 45.2 Å². The van der Waals surface area contributed by atoms with Gasteiger partial charge in [0.2, 0.25) is 0 Å². The van der Waals surface area contributed by atoms with Crippen molar-refractivity contribution in [3.63, 3.8) is 0 Å². The predicted octanol–water partition coefficient (Wildman–Crippen LogP) is 5.33. The van der Waals surface area contributed by atoms with E-state index < -0.39 is 0 Å². The number of carbonyl (C=O) groups excluding carboxylic acids is 1. The minimum atomic E-state index is -0.155. The number of hydrogen-bond acceptors (Lipinski definition) is 4. The molecule has 0 saturated heterocycles. The van der Waals surface area contributed by atoms with Crippen LogP contribution in [0.1, 0.15) is 24.2 Å². The van der Waals surface area contributed by atoms with E-state index in [1.54, 1.807) is 18.3 Å². The number of aromatic nitrogens is 1. The van der Waals surface area contributed by atoms with Crippen molar-refractivity contribution in [1.82, 2.24) is 4.98 Å². The highest BCUT2D eigenvalue weighted by atomic mass is 32.2. The normalized spacial score (nSPS) is 10.4. The smallest absolute Gasteiger partial charge is 0.258 e. The largest absolute Gasteiger partial charge is 0.372 e. The summed E-state index contributed by atoms with van der Waals surface area (Å²) in [6.07, 6.45) is 1.71. The van der Waals surface area contributed by atoms with Crippen molar-refractivity contribution in [2.75, 3.05) is 23.3 Å². The van der Waals surface area contributed by atoms with E-state index >= 15 is 0 Å². The Hall–Kier alpha value is -2.79. The number of nitrogens with one attached hydrogen (secondary N) is 1. The summed E-state index contributed by atoms with van der Waals surface area (Å²) in [6.45, 7) is 6.18. The lowest BCUT2D eigenvalue weighted by Crippen LogP contribution is -2.21. The third kappa shape index (κ3) is 4.89. The van der Waals surface area contributed by atoms with Crippen LogP contribution in [-0.4, -0.2) is 24.0 Å². The Morgan fingerprint density at radius 1 is 0.963 bits per heavy atom. The first kappa shape index (κ1) is 19.0. The van der Waals surface area contributed by atoms with E-state index in [1.807, 2.05) is 54.6 Å². The van der Waals surface area contributed by atoms with Gasteiger partial charge in [-0.3, -0.25) is 4.79 Å². The number of rotatable bonds is 7. The van der Waals surface area contributed by atoms with E-state index in [1.165, 1.54) is 11.8 Å². The van der Waals surface area contributed by atoms with Gasteiger partial charge in [0.15, 0.2) is 0 Å². The molecule has 0 atom stereocenters. The summed E-state index contributed by atoms with van der Waals surface area (Å²) >= 11 is 1.49. The second-order valence-electron chi connectivity index (χ2n) is 5.94. The Morgan fingerprint density at radius 2 is 1.67 bits per heavy atom. The molecule has 1 aromatic heterocycles. The highest BCUT2D eigenvalue weighted by Crippen LogP contribution is 2.29. The molecule has 0 unspecified atom stereocenters. The fraction of sp³-hybridized carbons (Fsp3) is 0.182. The first-order valence-corrected chi connectivity index (χ1v) is 9.87. The summed E-state index contributed by atoms with van der Waals surface area (Å²) in [6, 6.07) is 21.5. The number of hydrogen-bond donors (Lipinski definition) is 1. The van der Waals surface area contributed by atoms with Crippen molar-refractivity contribution < 1.29 is 4.79 Å².